The number of benzene rings is 2. The van der Waals surface area contributed by atoms with Crippen LogP contribution in [0.3, 0.4) is 0 Å². The number of aliphatic hydroxyl groups excluding tert-OH is 1. The number of carbonyl (C=O) groups excluding carboxylic acids is 2. The van der Waals surface area contributed by atoms with Crippen molar-refractivity contribution in [3.05, 3.63) is 83.4 Å². The summed E-state index contributed by atoms with van der Waals surface area (Å²) in [6.07, 6.45) is 10.6. The molecule has 2 aromatic carbocycles. The molecule has 1 fully saturated rings. The third kappa shape index (κ3) is 8.36. The van der Waals surface area contributed by atoms with Crippen LogP contribution in [0.15, 0.2) is 66.7 Å². The van der Waals surface area contributed by atoms with Crippen LogP contribution in [0, 0.1) is 5.92 Å². The van der Waals surface area contributed by atoms with Crippen molar-refractivity contribution in [2.45, 2.75) is 70.4 Å². The fourth-order valence-electron chi connectivity index (χ4n) is 4.71. The number of hydrogen-bond acceptors (Lipinski definition) is 4. The second kappa shape index (κ2) is 13.8. The van der Waals surface area contributed by atoms with Crippen molar-refractivity contribution < 1.29 is 19.4 Å². The number of aryl methyl sites for hydroxylation is 2. The minimum Gasteiger partial charge on any atom is -0.465 e. The Bertz CT molecular complexity index is 971. The van der Waals surface area contributed by atoms with Gasteiger partial charge in [-0.15, -0.1) is 0 Å². The Morgan fingerprint density at radius 3 is 2.60 bits per heavy atom. The molecule has 3 rings (SSSR count). The molecule has 1 N–H and O–H groups in total. The van der Waals surface area contributed by atoms with Crippen molar-refractivity contribution in [1.29, 1.82) is 0 Å². The molecule has 35 heavy (non-hydrogen) atoms. The van der Waals surface area contributed by atoms with Crippen molar-refractivity contribution in [2.75, 3.05) is 13.7 Å². The predicted molar refractivity (Wildman–Crippen MR) is 139 cm³/mol. The summed E-state index contributed by atoms with van der Waals surface area (Å²) < 4.78 is 4.79. The van der Waals surface area contributed by atoms with E-state index in [1.54, 1.807) is 6.07 Å². The van der Waals surface area contributed by atoms with Crippen LogP contribution in [-0.4, -0.2) is 47.7 Å². The molecule has 0 aliphatic carbocycles. The number of ether oxygens (including phenoxy) is 1. The van der Waals surface area contributed by atoms with E-state index in [9.17, 15) is 14.7 Å². The molecule has 5 heteroatoms. The maximum Gasteiger partial charge on any atom is 0.337 e. The minimum atomic E-state index is -0.495. The summed E-state index contributed by atoms with van der Waals surface area (Å²) in [7, 11) is 1.38. The Morgan fingerprint density at radius 1 is 1.09 bits per heavy atom. The van der Waals surface area contributed by atoms with E-state index in [-0.39, 0.29) is 23.8 Å². The number of hydrogen-bond donors (Lipinski definition) is 1. The van der Waals surface area contributed by atoms with Gasteiger partial charge in [-0.1, -0.05) is 68.0 Å². The molecule has 0 spiro atoms. The van der Waals surface area contributed by atoms with Crippen LogP contribution in [0.4, 0.5) is 0 Å². The molecule has 5 nitrogen and oxygen atoms in total. The normalized spacial score (nSPS) is 17.6. The van der Waals surface area contributed by atoms with Crippen molar-refractivity contribution in [2.24, 2.45) is 5.92 Å². The van der Waals surface area contributed by atoms with Crippen LogP contribution in [0.25, 0.3) is 0 Å². The summed E-state index contributed by atoms with van der Waals surface area (Å²) in [5.74, 6) is 0.0248. The molecule has 188 valence electrons. The first-order chi connectivity index (χ1) is 17.0. The largest absolute Gasteiger partial charge is 0.465 e. The summed E-state index contributed by atoms with van der Waals surface area (Å²) in [5, 5.41) is 10.6. The van der Waals surface area contributed by atoms with Gasteiger partial charge in [0.25, 0.3) is 0 Å². The van der Waals surface area contributed by atoms with Gasteiger partial charge in [0, 0.05) is 13.0 Å². The second-order valence-electron chi connectivity index (χ2n) is 9.57. The lowest BCUT2D eigenvalue weighted by Crippen LogP contribution is -2.33. The van der Waals surface area contributed by atoms with Gasteiger partial charge in [-0.25, -0.2) is 4.79 Å². The van der Waals surface area contributed by atoms with Crippen molar-refractivity contribution in [3.63, 3.8) is 0 Å². The predicted octanol–water partition coefficient (Wildman–Crippen LogP) is 5.36. The van der Waals surface area contributed by atoms with E-state index in [2.05, 4.69) is 31.2 Å². The number of nitrogens with zero attached hydrogens (tertiary/aromatic N) is 1. The molecule has 0 aromatic heterocycles. The Hall–Kier alpha value is -2.92. The summed E-state index contributed by atoms with van der Waals surface area (Å²) in [5.41, 5.74) is 2.97. The number of unbranched alkanes of at least 4 members (excludes halogenated alkanes) is 1. The first-order valence-corrected chi connectivity index (χ1v) is 12.8. The van der Waals surface area contributed by atoms with Gasteiger partial charge in [0.05, 0.1) is 24.8 Å². The van der Waals surface area contributed by atoms with E-state index in [1.807, 2.05) is 41.3 Å². The van der Waals surface area contributed by atoms with Crippen LogP contribution >= 0.6 is 0 Å². The first-order valence-electron chi connectivity index (χ1n) is 12.8. The van der Waals surface area contributed by atoms with Gasteiger partial charge < -0.3 is 14.7 Å². The van der Waals surface area contributed by atoms with Crippen LogP contribution in [-0.2, 0) is 22.4 Å². The molecule has 1 saturated heterocycles. The monoisotopic (exact) mass is 477 g/mol. The Labute approximate surface area is 209 Å². The number of carbonyl (C=O) groups is 2. The van der Waals surface area contributed by atoms with Crippen molar-refractivity contribution in [3.8, 4) is 0 Å². The van der Waals surface area contributed by atoms with Gasteiger partial charge >= 0.3 is 5.97 Å². The highest BCUT2D eigenvalue weighted by Gasteiger charge is 2.28. The summed E-state index contributed by atoms with van der Waals surface area (Å²) >= 11 is 0. The number of amides is 1. The van der Waals surface area contributed by atoms with Crippen LogP contribution in [0.5, 0.6) is 0 Å². The molecule has 1 amide bonds. The van der Waals surface area contributed by atoms with E-state index in [1.165, 1.54) is 12.7 Å². The molecule has 0 radical (unpaired) electrons. The molecule has 3 atom stereocenters. The fourth-order valence-corrected chi connectivity index (χ4v) is 4.71. The van der Waals surface area contributed by atoms with E-state index >= 15 is 0 Å². The zero-order valence-electron chi connectivity index (χ0n) is 21.1. The quantitative estimate of drug-likeness (QED) is 0.239. The van der Waals surface area contributed by atoms with E-state index < -0.39 is 6.10 Å². The summed E-state index contributed by atoms with van der Waals surface area (Å²) in [6.45, 7) is 2.76. The SMILES string of the molecule is COC(=O)c1cccc(CCCN2C(=O)CC[C@@H]2C=C[C@@H](O)[C@@H](C)CCCCc2ccccc2)c1. The zero-order valence-corrected chi connectivity index (χ0v) is 21.1. The average molecular weight is 478 g/mol. The molecular formula is C30H39NO4. The average Bonchev–Trinajstić information content (AvgIpc) is 3.24. The number of methoxy groups -OCH3 is 1. The van der Waals surface area contributed by atoms with E-state index in [0.29, 0.717) is 18.5 Å². The van der Waals surface area contributed by atoms with Gasteiger partial charge in [0.2, 0.25) is 5.91 Å². The van der Waals surface area contributed by atoms with Crippen LogP contribution in [0.1, 0.15) is 66.9 Å². The van der Waals surface area contributed by atoms with Gasteiger partial charge in [-0.05, 0) is 67.7 Å². The van der Waals surface area contributed by atoms with Gasteiger partial charge in [-0.3, -0.25) is 4.79 Å². The zero-order chi connectivity index (χ0) is 25.0. The van der Waals surface area contributed by atoms with Gasteiger partial charge in [0.15, 0.2) is 0 Å². The molecule has 1 aliphatic rings. The molecule has 2 aromatic rings. The molecule has 0 unspecified atom stereocenters. The van der Waals surface area contributed by atoms with Gasteiger partial charge in [0.1, 0.15) is 0 Å². The standard InChI is InChI=1S/C30H39NO4/c1-23(10-6-7-13-24-11-4-3-5-12-24)28(32)19-17-27-18-20-29(33)31(27)21-9-15-25-14-8-16-26(22-25)30(34)35-2/h3-5,8,11-12,14,16-17,19,22-23,27-28,32H,6-7,9-10,13,15,18,20-21H2,1-2H3/t23-,27-,28+/m0/s1. The number of likely N-dealkylation sites (tertiary alicyclic amines) is 1. The van der Waals surface area contributed by atoms with Crippen molar-refractivity contribution >= 4 is 11.9 Å². The molecule has 0 saturated carbocycles. The Balaban J connectivity index is 1.42. The third-order valence-corrected chi connectivity index (χ3v) is 6.92. The van der Waals surface area contributed by atoms with E-state index in [4.69, 9.17) is 4.74 Å². The maximum absolute atomic E-state index is 12.4. The minimum absolute atomic E-state index is 0.0452. The Kier molecular flexibility index (Phi) is 10.5. The highest BCUT2D eigenvalue weighted by molar-refractivity contribution is 5.89. The highest BCUT2D eigenvalue weighted by Crippen LogP contribution is 2.22. The molecule has 1 heterocycles. The second-order valence-corrected chi connectivity index (χ2v) is 9.57. The highest BCUT2D eigenvalue weighted by atomic mass is 16.5. The summed E-state index contributed by atoms with van der Waals surface area (Å²) in [6, 6.07) is 18.0. The Morgan fingerprint density at radius 2 is 1.83 bits per heavy atom. The number of aliphatic hydroxyl groups is 1. The maximum atomic E-state index is 12.4. The van der Waals surface area contributed by atoms with Crippen molar-refractivity contribution in [1.82, 2.24) is 4.90 Å². The molecule has 1 aliphatic heterocycles. The van der Waals surface area contributed by atoms with E-state index in [0.717, 1.165) is 50.5 Å². The fraction of sp³-hybridized carbons (Fsp3) is 0.467. The first kappa shape index (κ1) is 26.7. The van der Waals surface area contributed by atoms with Gasteiger partial charge in [-0.2, -0.15) is 0 Å². The lowest BCUT2D eigenvalue weighted by molar-refractivity contribution is -0.128. The van der Waals surface area contributed by atoms with Crippen LogP contribution in [0.2, 0.25) is 0 Å². The lowest BCUT2D eigenvalue weighted by atomic mass is 9.95. The summed E-state index contributed by atoms with van der Waals surface area (Å²) in [4.78, 5) is 26.1. The van der Waals surface area contributed by atoms with Crippen LogP contribution < -0.4 is 0 Å². The smallest absolute Gasteiger partial charge is 0.337 e. The number of rotatable bonds is 13. The molecular weight excluding hydrogens is 438 g/mol. The third-order valence-electron chi connectivity index (χ3n) is 6.92. The number of esters is 1. The molecule has 0 bridgehead atoms. The lowest BCUT2D eigenvalue weighted by Gasteiger charge is -2.23. The topological polar surface area (TPSA) is 66.8 Å².